The van der Waals surface area contributed by atoms with Crippen molar-refractivity contribution in [2.24, 2.45) is 5.92 Å². The standard InChI is InChI=1S/C26H37N5O6/c1-4-14(2)21(30-25(35)22(15(3)32)31-23(33)19-10-7-11-27-19)24(34)29-20(26(36)37)12-16-13-28-18-9-6-5-8-17(16)18/h5-6,8-9,13-15,19-22,27-28,32H,4,7,10-12H2,1-3H3,(H,29,34)(H,30,35)(H,31,33)(H,36,37). The lowest BCUT2D eigenvalue weighted by Gasteiger charge is -2.29. The van der Waals surface area contributed by atoms with Crippen LogP contribution in [0.3, 0.4) is 0 Å². The summed E-state index contributed by atoms with van der Waals surface area (Å²) in [5.41, 5.74) is 1.60. The van der Waals surface area contributed by atoms with E-state index in [1.165, 1.54) is 6.92 Å². The number of carbonyl (C=O) groups is 4. The number of rotatable bonds is 12. The molecule has 1 saturated heterocycles. The number of aliphatic hydroxyl groups excluding tert-OH is 1. The van der Waals surface area contributed by atoms with Gasteiger partial charge in [0.1, 0.15) is 18.1 Å². The molecule has 3 rings (SSSR count). The molecule has 1 aromatic carbocycles. The average molecular weight is 516 g/mol. The SMILES string of the molecule is CCC(C)C(NC(=O)C(NC(=O)C1CCCN1)C(C)O)C(=O)NC(Cc1c[nH]c2ccccc12)C(=O)O. The van der Waals surface area contributed by atoms with Crippen molar-refractivity contribution in [3.63, 3.8) is 0 Å². The number of H-pyrrole nitrogens is 1. The van der Waals surface area contributed by atoms with E-state index in [1.807, 2.05) is 31.2 Å². The summed E-state index contributed by atoms with van der Waals surface area (Å²) in [5.74, 6) is -3.31. The summed E-state index contributed by atoms with van der Waals surface area (Å²) < 4.78 is 0. The fourth-order valence-electron chi connectivity index (χ4n) is 4.49. The molecule has 0 radical (unpaired) electrons. The number of carbonyl (C=O) groups excluding carboxylic acids is 3. The van der Waals surface area contributed by atoms with E-state index in [0.717, 1.165) is 22.9 Å². The van der Waals surface area contributed by atoms with E-state index in [4.69, 9.17) is 0 Å². The van der Waals surface area contributed by atoms with Crippen LogP contribution >= 0.6 is 0 Å². The zero-order chi connectivity index (χ0) is 27.1. The molecule has 3 amide bonds. The third-order valence-corrected chi connectivity index (χ3v) is 6.95. The van der Waals surface area contributed by atoms with Gasteiger partial charge in [-0.05, 0) is 43.9 Å². The molecule has 2 aromatic rings. The van der Waals surface area contributed by atoms with E-state index >= 15 is 0 Å². The van der Waals surface area contributed by atoms with Crippen LogP contribution in [0.25, 0.3) is 10.9 Å². The van der Waals surface area contributed by atoms with E-state index in [0.29, 0.717) is 19.4 Å². The number of carboxylic acids is 1. The van der Waals surface area contributed by atoms with E-state index in [1.54, 1.807) is 13.1 Å². The number of aliphatic hydroxyl groups is 1. The first kappa shape index (κ1) is 28.1. The highest BCUT2D eigenvalue weighted by molar-refractivity contribution is 5.95. The summed E-state index contributed by atoms with van der Waals surface area (Å²) in [6, 6.07) is 3.46. The van der Waals surface area contributed by atoms with Crippen molar-refractivity contribution in [2.45, 2.75) is 76.7 Å². The van der Waals surface area contributed by atoms with Gasteiger partial charge in [0.05, 0.1) is 12.1 Å². The minimum absolute atomic E-state index is 0.0486. The Morgan fingerprint density at radius 2 is 1.76 bits per heavy atom. The van der Waals surface area contributed by atoms with E-state index in [2.05, 4.69) is 26.3 Å². The molecule has 6 atom stereocenters. The van der Waals surface area contributed by atoms with Crippen LogP contribution in [0.15, 0.2) is 30.5 Å². The number of hydrogen-bond acceptors (Lipinski definition) is 6. The Balaban J connectivity index is 1.72. The van der Waals surface area contributed by atoms with Crippen LogP contribution in [0.1, 0.15) is 45.6 Å². The fraction of sp³-hybridized carbons (Fsp3) is 0.538. The Bertz CT molecular complexity index is 1110. The molecule has 1 aliphatic heterocycles. The van der Waals surface area contributed by atoms with Crippen molar-refractivity contribution in [2.75, 3.05) is 6.54 Å². The summed E-state index contributed by atoms with van der Waals surface area (Å²) >= 11 is 0. The smallest absolute Gasteiger partial charge is 0.326 e. The van der Waals surface area contributed by atoms with Crippen LogP contribution in [0.4, 0.5) is 0 Å². The van der Waals surface area contributed by atoms with Crippen LogP contribution < -0.4 is 21.3 Å². The predicted octanol–water partition coefficient (Wildman–Crippen LogP) is 0.428. The van der Waals surface area contributed by atoms with Gasteiger partial charge >= 0.3 is 5.97 Å². The molecule has 7 N–H and O–H groups in total. The number of amides is 3. The van der Waals surface area contributed by atoms with Gasteiger partial charge in [-0.1, -0.05) is 38.5 Å². The summed E-state index contributed by atoms with van der Waals surface area (Å²) in [5, 5.41) is 31.7. The summed E-state index contributed by atoms with van der Waals surface area (Å²) in [6.07, 6.45) is 2.55. The second kappa shape index (κ2) is 12.7. The molecule has 0 aliphatic carbocycles. The maximum absolute atomic E-state index is 13.3. The Kier molecular flexibility index (Phi) is 9.65. The number of para-hydroxylation sites is 1. The molecule has 1 aliphatic rings. The summed E-state index contributed by atoms with van der Waals surface area (Å²) in [6.45, 7) is 5.69. The lowest BCUT2D eigenvalue weighted by Crippen LogP contribution is -2.61. The zero-order valence-corrected chi connectivity index (χ0v) is 21.4. The molecule has 0 saturated carbocycles. The van der Waals surface area contributed by atoms with Crippen LogP contribution in [0.5, 0.6) is 0 Å². The molecule has 2 heterocycles. The maximum atomic E-state index is 13.3. The molecule has 0 spiro atoms. The van der Waals surface area contributed by atoms with Gasteiger partial charge in [0.25, 0.3) is 0 Å². The predicted molar refractivity (Wildman–Crippen MR) is 138 cm³/mol. The number of aromatic nitrogens is 1. The molecular formula is C26H37N5O6. The highest BCUT2D eigenvalue weighted by atomic mass is 16.4. The number of hydrogen-bond donors (Lipinski definition) is 7. The minimum atomic E-state index is -1.27. The van der Waals surface area contributed by atoms with Crippen molar-refractivity contribution < 1.29 is 29.4 Å². The van der Waals surface area contributed by atoms with Gasteiger partial charge in [0.2, 0.25) is 17.7 Å². The molecule has 1 fully saturated rings. The van der Waals surface area contributed by atoms with Crippen molar-refractivity contribution in [3.05, 3.63) is 36.0 Å². The zero-order valence-electron chi connectivity index (χ0n) is 21.4. The van der Waals surface area contributed by atoms with Crippen molar-refractivity contribution >= 4 is 34.6 Å². The van der Waals surface area contributed by atoms with Gasteiger partial charge in [-0.2, -0.15) is 0 Å². The molecule has 1 aromatic heterocycles. The molecule has 11 heteroatoms. The van der Waals surface area contributed by atoms with Crippen LogP contribution in [-0.4, -0.2) is 75.7 Å². The van der Waals surface area contributed by atoms with Crippen LogP contribution in [0.2, 0.25) is 0 Å². The third kappa shape index (κ3) is 7.07. The normalized spacial score (nSPS) is 19.4. The number of benzene rings is 1. The summed E-state index contributed by atoms with van der Waals surface area (Å²) in [4.78, 5) is 54.0. The van der Waals surface area contributed by atoms with E-state index < -0.39 is 54.0 Å². The Morgan fingerprint density at radius 3 is 2.38 bits per heavy atom. The summed E-state index contributed by atoms with van der Waals surface area (Å²) in [7, 11) is 0. The van der Waals surface area contributed by atoms with Gasteiger partial charge in [-0.25, -0.2) is 4.79 Å². The lowest BCUT2D eigenvalue weighted by atomic mass is 9.96. The number of aliphatic carboxylic acids is 1. The van der Waals surface area contributed by atoms with Gasteiger partial charge in [0.15, 0.2) is 0 Å². The monoisotopic (exact) mass is 515 g/mol. The highest BCUT2D eigenvalue weighted by Gasteiger charge is 2.35. The number of fused-ring (bicyclic) bond motifs is 1. The number of aromatic amines is 1. The van der Waals surface area contributed by atoms with Crippen molar-refractivity contribution in [3.8, 4) is 0 Å². The highest BCUT2D eigenvalue weighted by Crippen LogP contribution is 2.19. The Labute approximate surface area is 215 Å². The number of carboxylic acid groups (broad SMARTS) is 1. The molecule has 0 bridgehead atoms. The van der Waals surface area contributed by atoms with Crippen molar-refractivity contribution in [1.82, 2.24) is 26.3 Å². The van der Waals surface area contributed by atoms with Gasteiger partial charge in [0, 0.05) is 23.5 Å². The molecule has 202 valence electrons. The van der Waals surface area contributed by atoms with Crippen molar-refractivity contribution in [1.29, 1.82) is 0 Å². The molecule has 11 nitrogen and oxygen atoms in total. The van der Waals surface area contributed by atoms with E-state index in [9.17, 15) is 29.4 Å². The van der Waals surface area contributed by atoms with Crippen LogP contribution in [0, 0.1) is 5.92 Å². The first-order valence-electron chi connectivity index (χ1n) is 12.7. The first-order valence-corrected chi connectivity index (χ1v) is 12.7. The molecule has 37 heavy (non-hydrogen) atoms. The molecule has 6 unspecified atom stereocenters. The number of nitrogens with one attached hydrogen (secondary N) is 5. The quantitative estimate of drug-likeness (QED) is 0.215. The third-order valence-electron chi connectivity index (χ3n) is 6.95. The first-order chi connectivity index (χ1) is 17.6. The van der Waals surface area contributed by atoms with Gasteiger partial charge in [-0.15, -0.1) is 0 Å². The van der Waals surface area contributed by atoms with Gasteiger partial charge in [-0.3, -0.25) is 14.4 Å². The minimum Gasteiger partial charge on any atom is -0.480 e. The average Bonchev–Trinajstić information content (AvgIpc) is 3.55. The second-order valence-electron chi connectivity index (χ2n) is 9.71. The largest absolute Gasteiger partial charge is 0.480 e. The van der Waals surface area contributed by atoms with E-state index in [-0.39, 0.29) is 12.3 Å². The lowest BCUT2D eigenvalue weighted by molar-refractivity contribution is -0.142. The topological polar surface area (TPSA) is 173 Å². The Morgan fingerprint density at radius 1 is 1.05 bits per heavy atom. The van der Waals surface area contributed by atoms with Crippen LogP contribution in [-0.2, 0) is 25.6 Å². The van der Waals surface area contributed by atoms with Gasteiger partial charge < -0.3 is 36.5 Å². The maximum Gasteiger partial charge on any atom is 0.326 e. The Hall–Kier alpha value is -3.44. The fourth-order valence-corrected chi connectivity index (χ4v) is 4.49. The molecular weight excluding hydrogens is 478 g/mol. The second-order valence-corrected chi connectivity index (χ2v) is 9.71.